The second-order valence-electron chi connectivity index (χ2n) is 3.48. The Balaban J connectivity index is 3.30. The number of benzene rings is 1. The molecule has 1 rings (SSSR count). The third-order valence-corrected chi connectivity index (χ3v) is 2.02. The first-order valence-corrected chi connectivity index (χ1v) is 4.45. The molecule has 0 radical (unpaired) electrons. The van der Waals surface area contributed by atoms with Gasteiger partial charge in [0, 0.05) is 14.1 Å². The molecule has 0 N–H and O–H groups in total. The van der Waals surface area contributed by atoms with Crippen molar-refractivity contribution in [1.82, 2.24) is 4.90 Å². The van der Waals surface area contributed by atoms with E-state index in [1.165, 1.54) is 14.1 Å². The van der Waals surface area contributed by atoms with Crippen molar-refractivity contribution >= 4 is 18.3 Å². The van der Waals surface area contributed by atoms with E-state index in [1.54, 1.807) is 0 Å². The largest absolute Gasteiger partial charge is 0.512 e. The smallest absolute Gasteiger partial charge is 0.445 e. The molecule has 0 heterocycles. The summed E-state index contributed by atoms with van der Waals surface area (Å²) >= 11 is 0. The zero-order chi connectivity index (χ0) is 12.5. The van der Waals surface area contributed by atoms with Crippen molar-refractivity contribution in [2.75, 3.05) is 14.1 Å². The molecule has 0 aliphatic heterocycles. The van der Waals surface area contributed by atoms with Gasteiger partial charge in [-0.2, -0.15) is 0 Å². The summed E-state index contributed by atoms with van der Waals surface area (Å²) in [5, 5.41) is 0. The van der Waals surface area contributed by atoms with Crippen LogP contribution in [0.5, 0.6) is 0 Å². The van der Waals surface area contributed by atoms with E-state index in [0.717, 1.165) is 17.0 Å². The topological polar surface area (TPSA) is 20.3 Å². The highest BCUT2D eigenvalue weighted by Gasteiger charge is 2.31. The van der Waals surface area contributed by atoms with Gasteiger partial charge in [0.1, 0.15) is 5.82 Å². The number of hydrogen-bond acceptors (Lipinski definition) is 1. The van der Waals surface area contributed by atoms with Gasteiger partial charge >= 0.3 is 6.98 Å². The lowest BCUT2D eigenvalue weighted by Crippen LogP contribution is -2.38. The van der Waals surface area contributed by atoms with E-state index in [9.17, 15) is 22.1 Å². The lowest BCUT2D eigenvalue weighted by molar-refractivity contribution is 0.0823. The molecular weight excluding hydrogens is 225 g/mol. The van der Waals surface area contributed by atoms with E-state index in [4.69, 9.17) is 0 Å². The van der Waals surface area contributed by atoms with Crippen molar-refractivity contribution in [3.05, 3.63) is 29.6 Å². The van der Waals surface area contributed by atoms with Crippen molar-refractivity contribution in [3.8, 4) is 0 Å². The number of halogens is 4. The molecule has 0 aliphatic rings. The van der Waals surface area contributed by atoms with Crippen LogP contribution in [-0.2, 0) is 0 Å². The first-order chi connectivity index (χ1) is 7.25. The summed E-state index contributed by atoms with van der Waals surface area (Å²) in [4.78, 5) is 12.4. The van der Waals surface area contributed by atoms with Gasteiger partial charge in [-0.15, -0.1) is 0 Å². The van der Waals surface area contributed by atoms with E-state index in [2.05, 4.69) is 0 Å². The van der Waals surface area contributed by atoms with Gasteiger partial charge in [-0.05, 0) is 6.07 Å². The highest BCUT2D eigenvalue weighted by molar-refractivity contribution is 6.73. The Bertz CT molecular complexity index is 416. The van der Waals surface area contributed by atoms with E-state index >= 15 is 0 Å². The predicted octanol–water partition coefficient (Wildman–Crippen LogP) is 1.58. The van der Waals surface area contributed by atoms with E-state index in [-0.39, 0.29) is 0 Å². The first-order valence-electron chi connectivity index (χ1n) is 4.45. The minimum absolute atomic E-state index is 0.568. The summed E-state index contributed by atoms with van der Waals surface area (Å²) in [6.07, 6.45) is 0. The third kappa shape index (κ3) is 2.34. The van der Waals surface area contributed by atoms with Crippen LogP contribution in [-0.4, -0.2) is 31.9 Å². The lowest BCUT2D eigenvalue weighted by Gasteiger charge is -2.18. The Morgan fingerprint density at radius 3 is 2.25 bits per heavy atom. The number of nitrogens with zero attached hydrogens (tertiary/aromatic N) is 1. The van der Waals surface area contributed by atoms with Crippen molar-refractivity contribution in [3.63, 3.8) is 0 Å². The average Bonchev–Trinajstić information content (AvgIpc) is 2.15. The Morgan fingerprint density at radius 2 is 1.81 bits per heavy atom. The molecule has 0 saturated heterocycles. The minimum atomic E-state index is -5.45. The van der Waals surface area contributed by atoms with Gasteiger partial charge in [-0.3, -0.25) is 4.79 Å². The Labute approximate surface area is 89.9 Å². The second-order valence-corrected chi connectivity index (χ2v) is 3.48. The molecule has 1 aromatic rings. The summed E-state index contributed by atoms with van der Waals surface area (Å²) in [6.45, 7) is -5.45. The van der Waals surface area contributed by atoms with Crippen LogP contribution in [0.2, 0.25) is 0 Å². The average molecular weight is 234 g/mol. The fourth-order valence-electron chi connectivity index (χ4n) is 1.21. The summed E-state index contributed by atoms with van der Waals surface area (Å²) < 4.78 is 50.6. The normalized spacial score (nSPS) is 11.4. The first kappa shape index (κ1) is 12.5. The van der Waals surface area contributed by atoms with Crippen molar-refractivity contribution in [2.24, 2.45) is 0 Å². The molecule has 0 unspecified atom stereocenters. The molecule has 88 valence electrons. The van der Waals surface area contributed by atoms with Crippen molar-refractivity contribution < 1.29 is 22.1 Å². The number of hydrogen-bond donors (Lipinski definition) is 0. The summed E-state index contributed by atoms with van der Waals surface area (Å²) in [7, 11) is 2.68. The second kappa shape index (κ2) is 4.15. The molecule has 1 aromatic carbocycles. The number of amides is 1. The highest BCUT2D eigenvalue weighted by atomic mass is 19.4. The maximum absolute atomic E-state index is 13.4. The number of carbonyl (C=O) groups excluding carboxylic acids is 1. The zero-order valence-electron chi connectivity index (χ0n) is 8.68. The van der Waals surface area contributed by atoms with Crippen molar-refractivity contribution in [2.45, 2.75) is 0 Å². The van der Waals surface area contributed by atoms with Gasteiger partial charge in [-0.1, -0.05) is 17.6 Å². The molecule has 1 amide bonds. The lowest BCUT2D eigenvalue weighted by atomic mass is 9.78. The maximum Gasteiger partial charge on any atom is 0.512 e. The molecule has 0 saturated carbocycles. The SMILES string of the molecule is CN(C)C(=O)c1cccc([B-](F)(F)F)c1F. The fourth-order valence-corrected chi connectivity index (χ4v) is 1.21. The van der Waals surface area contributed by atoms with Crippen LogP contribution >= 0.6 is 0 Å². The summed E-state index contributed by atoms with van der Waals surface area (Å²) in [5.74, 6) is -2.30. The van der Waals surface area contributed by atoms with Gasteiger partial charge in [0.2, 0.25) is 0 Å². The van der Waals surface area contributed by atoms with Crippen LogP contribution in [0.25, 0.3) is 0 Å². The van der Waals surface area contributed by atoms with Gasteiger partial charge < -0.3 is 17.8 Å². The van der Waals surface area contributed by atoms with Crippen LogP contribution in [0.1, 0.15) is 10.4 Å². The molecule has 0 aliphatic carbocycles. The Hall–Kier alpha value is -1.53. The molecule has 0 atom stereocenters. The molecule has 0 spiro atoms. The fraction of sp³-hybridized carbons (Fsp3) is 0.222. The van der Waals surface area contributed by atoms with Gasteiger partial charge in [0.05, 0.1) is 5.56 Å². The van der Waals surface area contributed by atoms with Gasteiger partial charge in [0.15, 0.2) is 0 Å². The quantitative estimate of drug-likeness (QED) is 0.561. The van der Waals surface area contributed by atoms with Crippen LogP contribution in [0.15, 0.2) is 18.2 Å². The van der Waals surface area contributed by atoms with Crippen LogP contribution in [0.3, 0.4) is 0 Å². The molecule has 0 fully saturated rings. The highest BCUT2D eigenvalue weighted by Crippen LogP contribution is 2.15. The summed E-state index contributed by atoms with van der Waals surface area (Å²) in [6, 6.07) is 2.68. The van der Waals surface area contributed by atoms with E-state index in [0.29, 0.717) is 6.07 Å². The van der Waals surface area contributed by atoms with Crippen LogP contribution < -0.4 is 5.46 Å². The molecule has 0 bridgehead atoms. The Kier molecular flexibility index (Phi) is 3.25. The zero-order valence-corrected chi connectivity index (χ0v) is 8.68. The van der Waals surface area contributed by atoms with Crippen LogP contribution in [0, 0.1) is 5.82 Å². The molecule has 2 nitrogen and oxygen atoms in total. The molecule has 0 aromatic heterocycles. The van der Waals surface area contributed by atoms with Crippen LogP contribution in [0.4, 0.5) is 17.3 Å². The molecule has 7 heteroatoms. The number of rotatable bonds is 2. The maximum atomic E-state index is 13.4. The minimum Gasteiger partial charge on any atom is -0.445 e. The summed E-state index contributed by atoms with van der Waals surface area (Å²) in [5.41, 5.74) is -1.94. The standard InChI is InChI=1S/C9H9BF4NO/c1-15(2)9(16)6-4-3-5-7(8(6)11)10(12,13)14/h3-5H,1-2H3/q-1. The molecule has 16 heavy (non-hydrogen) atoms. The van der Waals surface area contributed by atoms with Gasteiger partial charge in [-0.25, -0.2) is 4.39 Å². The Morgan fingerprint density at radius 1 is 1.25 bits per heavy atom. The van der Waals surface area contributed by atoms with Crippen molar-refractivity contribution in [1.29, 1.82) is 0 Å². The third-order valence-electron chi connectivity index (χ3n) is 2.02. The van der Waals surface area contributed by atoms with E-state index < -0.39 is 29.7 Å². The predicted molar refractivity (Wildman–Crippen MR) is 53.1 cm³/mol. The molecular formula is C9H9BF4NO-. The van der Waals surface area contributed by atoms with E-state index in [1.807, 2.05) is 0 Å². The van der Waals surface area contributed by atoms with Gasteiger partial charge in [0.25, 0.3) is 5.91 Å². The number of carbonyl (C=O) groups is 1. The monoisotopic (exact) mass is 234 g/mol.